The van der Waals surface area contributed by atoms with Crippen molar-refractivity contribution in [3.05, 3.63) is 54.2 Å². The lowest BCUT2D eigenvalue weighted by molar-refractivity contribution is -0.385. The van der Waals surface area contributed by atoms with Crippen LogP contribution in [0, 0.1) is 24.0 Å². The molecular weight excluding hydrogens is 358 g/mol. The third-order valence-corrected chi connectivity index (χ3v) is 4.46. The van der Waals surface area contributed by atoms with Crippen molar-refractivity contribution in [1.29, 1.82) is 0 Å². The van der Waals surface area contributed by atoms with Crippen molar-refractivity contribution >= 4 is 38.7 Å². The van der Waals surface area contributed by atoms with Crippen molar-refractivity contribution in [2.45, 2.75) is 13.8 Å². The maximum Gasteiger partial charge on any atom is 0.311 e. The molecule has 0 fully saturated rings. The number of hydrogen-bond acceptors (Lipinski definition) is 5. The monoisotopic (exact) mass is 369 g/mol. The molecule has 0 unspecified atom stereocenters. The van der Waals surface area contributed by atoms with Crippen LogP contribution < -0.4 is 4.74 Å². The van der Waals surface area contributed by atoms with Crippen LogP contribution in [0.2, 0.25) is 0 Å². The van der Waals surface area contributed by atoms with Crippen molar-refractivity contribution in [2.24, 2.45) is 0 Å². The average molecular weight is 370 g/mol. The van der Waals surface area contributed by atoms with Gasteiger partial charge in [-0.15, -0.1) is 11.3 Å². The van der Waals surface area contributed by atoms with Crippen LogP contribution in [-0.4, -0.2) is 17.3 Å². The minimum atomic E-state index is -0.498. The van der Waals surface area contributed by atoms with Gasteiger partial charge in [0.15, 0.2) is 6.61 Å². The Kier molecular flexibility index (Phi) is 4.74. The molecule has 0 amide bonds. The largest absolute Gasteiger partial charge is 0.478 e. The zero-order valence-electron chi connectivity index (χ0n) is 11.4. The highest BCUT2D eigenvalue weighted by atomic mass is 79.9. The molecule has 0 N–H and O–H groups in total. The minimum absolute atomic E-state index is 0.118. The number of benzene rings is 1. The molecular formula is C14H12BrNO4S. The second-order valence-corrected chi connectivity index (χ2v) is 6.97. The van der Waals surface area contributed by atoms with Crippen LogP contribution in [0.25, 0.3) is 0 Å². The third-order valence-electron chi connectivity index (χ3n) is 2.79. The molecule has 0 aliphatic heterocycles. The summed E-state index contributed by atoms with van der Waals surface area (Å²) in [5, 5.41) is 11.1. The van der Waals surface area contributed by atoms with Crippen LogP contribution in [0.4, 0.5) is 5.69 Å². The van der Waals surface area contributed by atoms with Crippen LogP contribution in [0.15, 0.2) is 28.1 Å². The van der Waals surface area contributed by atoms with Crippen LogP contribution in [-0.2, 0) is 0 Å². The molecule has 0 bridgehead atoms. The first kappa shape index (κ1) is 15.7. The van der Waals surface area contributed by atoms with E-state index in [0.717, 1.165) is 9.35 Å². The SMILES string of the molecule is Cc1cc(C)c(OCC(=O)c2ccc(Br)s2)c([N+](=O)[O-])c1. The molecule has 5 nitrogen and oxygen atoms in total. The number of carbonyl (C=O) groups is 1. The molecule has 1 heterocycles. The minimum Gasteiger partial charge on any atom is -0.478 e. The number of halogens is 1. The molecule has 0 atom stereocenters. The predicted octanol–water partition coefficient (Wildman–Crippen LogP) is 4.30. The Bertz CT molecular complexity index is 711. The van der Waals surface area contributed by atoms with Crippen molar-refractivity contribution in [1.82, 2.24) is 0 Å². The molecule has 0 spiro atoms. The summed E-state index contributed by atoms with van der Waals surface area (Å²) in [4.78, 5) is 23.1. The van der Waals surface area contributed by atoms with Gasteiger partial charge in [-0.1, -0.05) is 6.07 Å². The van der Waals surface area contributed by atoms with E-state index in [1.165, 1.54) is 17.4 Å². The normalized spacial score (nSPS) is 10.4. The molecule has 1 aromatic heterocycles. The van der Waals surface area contributed by atoms with E-state index >= 15 is 0 Å². The van der Waals surface area contributed by atoms with Gasteiger partial charge in [0.25, 0.3) is 0 Å². The molecule has 0 radical (unpaired) electrons. The zero-order valence-corrected chi connectivity index (χ0v) is 13.8. The molecule has 0 saturated carbocycles. The van der Waals surface area contributed by atoms with E-state index in [9.17, 15) is 14.9 Å². The number of ether oxygens (including phenoxy) is 1. The molecule has 0 aliphatic rings. The van der Waals surface area contributed by atoms with E-state index < -0.39 is 4.92 Å². The summed E-state index contributed by atoms with van der Waals surface area (Å²) in [7, 11) is 0. The fourth-order valence-electron chi connectivity index (χ4n) is 1.93. The maximum atomic E-state index is 12.0. The third kappa shape index (κ3) is 3.68. The van der Waals surface area contributed by atoms with E-state index in [-0.39, 0.29) is 23.8 Å². The fourth-order valence-corrected chi connectivity index (χ4v) is 3.24. The van der Waals surface area contributed by atoms with Gasteiger partial charge in [-0.25, -0.2) is 0 Å². The Hall–Kier alpha value is -1.73. The number of nitro benzene ring substituents is 1. The van der Waals surface area contributed by atoms with Gasteiger partial charge in [-0.05, 0) is 53.0 Å². The van der Waals surface area contributed by atoms with Crippen molar-refractivity contribution < 1.29 is 14.5 Å². The number of hydrogen-bond donors (Lipinski definition) is 0. The standard InChI is InChI=1S/C14H12BrNO4S/c1-8-5-9(2)14(10(6-8)16(18)19)20-7-11(17)12-3-4-13(15)21-12/h3-6H,7H2,1-2H3. The average Bonchev–Trinajstić information content (AvgIpc) is 2.83. The lowest BCUT2D eigenvalue weighted by atomic mass is 10.1. The summed E-state index contributed by atoms with van der Waals surface area (Å²) >= 11 is 4.58. The number of ketones is 1. The molecule has 110 valence electrons. The Balaban J connectivity index is 2.20. The molecule has 7 heteroatoms. The van der Waals surface area contributed by atoms with Crippen LogP contribution in [0.5, 0.6) is 5.75 Å². The van der Waals surface area contributed by atoms with Crippen molar-refractivity contribution in [3.8, 4) is 5.75 Å². The highest BCUT2D eigenvalue weighted by Gasteiger charge is 2.20. The number of aryl methyl sites for hydroxylation is 2. The number of nitro groups is 1. The fraction of sp³-hybridized carbons (Fsp3) is 0.214. The van der Waals surface area contributed by atoms with Crippen molar-refractivity contribution in [2.75, 3.05) is 6.61 Å². The van der Waals surface area contributed by atoms with E-state index in [4.69, 9.17) is 4.74 Å². The highest BCUT2D eigenvalue weighted by Crippen LogP contribution is 2.32. The molecule has 2 rings (SSSR count). The topological polar surface area (TPSA) is 69.4 Å². The summed E-state index contributed by atoms with van der Waals surface area (Å²) < 4.78 is 6.26. The van der Waals surface area contributed by atoms with E-state index in [1.807, 2.05) is 0 Å². The van der Waals surface area contributed by atoms with Crippen LogP contribution in [0.1, 0.15) is 20.8 Å². The number of rotatable bonds is 5. The Labute approximate surface area is 133 Å². The van der Waals surface area contributed by atoms with Crippen LogP contribution in [0.3, 0.4) is 0 Å². The quantitative estimate of drug-likeness (QED) is 0.447. The number of carbonyl (C=O) groups excluding carboxylic acids is 1. The van der Waals surface area contributed by atoms with E-state index in [2.05, 4.69) is 15.9 Å². The maximum absolute atomic E-state index is 12.0. The first-order valence-electron chi connectivity index (χ1n) is 6.05. The van der Waals surface area contributed by atoms with Gasteiger partial charge in [0.05, 0.1) is 13.6 Å². The molecule has 0 saturated heterocycles. The molecule has 1 aromatic carbocycles. The summed E-state index contributed by atoms with van der Waals surface area (Å²) in [5.41, 5.74) is 1.30. The summed E-state index contributed by atoms with van der Waals surface area (Å²) in [6.45, 7) is 3.28. The Morgan fingerprint density at radius 3 is 2.67 bits per heavy atom. The summed E-state index contributed by atoms with van der Waals surface area (Å²) in [6, 6.07) is 6.69. The summed E-state index contributed by atoms with van der Waals surface area (Å²) in [5.74, 6) is -0.0606. The zero-order chi connectivity index (χ0) is 15.6. The summed E-state index contributed by atoms with van der Waals surface area (Å²) in [6.07, 6.45) is 0. The Morgan fingerprint density at radius 1 is 1.38 bits per heavy atom. The Morgan fingerprint density at radius 2 is 2.10 bits per heavy atom. The first-order valence-corrected chi connectivity index (χ1v) is 7.66. The van der Waals surface area contributed by atoms with Crippen molar-refractivity contribution in [3.63, 3.8) is 0 Å². The predicted molar refractivity (Wildman–Crippen MR) is 84.4 cm³/mol. The number of thiophene rings is 1. The van der Waals surface area contributed by atoms with Gasteiger partial charge in [0.1, 0.15) is 0 Å². The number of Topliss-reactive ketones (excluding diaryl/α,β-unsaturated/α-hetero) is 1. The molecule has 21 heavy (non-hydrogen) atoms. The smallest absolute Gasteiger partial charge is 0.311 e. The lowest BCUT2D eigenvalue weighted by Gasteiger charge is -2.09. The van der Waals surface area contributed by atoms with E-state index in [1.54, 1.807) is 32.0 Å². The van der Waals surface area contributed by atoms with Gasteiger partial charge in [0, 0.05) is 6.07 Å². The van der Waals surface area contributed by atoms with Gasteiger partial charge >= 0.3 is 5.69 Å². The van der Waals surface area contributed by atoms with Gasteiger partial charge in [-0.3, -0.25) is 14.9 Å². The van der Waals surface area contributed by atoms with Crippen LogP contribution >= 0.6 is 27.3 Å². The van der Waals surface area contributed by atoms with Gasteiger partial charge in [0.2, 0.25) is 11.5 Å². The molecule has 2 aromatic rings. The van der Waals surface area contributed by atoms with E-state index in [0.29, 0.717) is 10.4 Å². The second-order valence-electron chi connectivity index (χ2n) is 4.50. The highest BCUT2D eigenvalue weighted by molar-refractivity contribution is 9.11. The lowest BCUT2D eigenvalue weighted by Crippen LogP contribution is -2.12. The van der Waals surface area contributed by atoms with Gasteiger partial charge in [-0.2, -0.15) is 0 Å². The first-order chi connectivity index (χ1) is 9.88. The molecule has 0 aliphatic carbocycles. The van der Waals surface area contributed by atoms with Gasteiger partial charge < -0.3 is 4.74 Å². The number of nitrogens with zero attached hydrogens (tertiary/aromatic N) is 1. The second kappa shape index (κ2) is 6.36.